The molecule has 1 saturated heterocycles. The van der Waals surface area contributed by atoms with Gasteiger partial charge in [-0.05, 0) is 49.6 Å². The van der Waals surface area contributed by atoms with E-state index in [0.717, 1.165) is 24.6 Å². The summed E-state index contributed by atoms with van der Waals surface area (Å²) in [4.78, 5) is 39.1. The second kappa shape index (κ2) is 10.5. The molecule has 40 heavy (non-hydrogen) atoms. The van der Waals surface area contributed by atoms with E-state index in [2.05, 4.69) is 19.7 Å². The molecular formula is C27H20F3N5O3S2. The zero-order chi connectivity index (χ0) is 28.0. The van der Waals surface area contributed by atoms with Crippen molar-refractivity contribution in [1.29, 1.82) is 0 Å². The number of pyridine rings is 1. The average molecular weight is 584 g/mol. The number of hydrogen-bond acceptors (Lipinski definition) is 6. The van der Waals surface area contributed by atoms with E-state index in [0.29, 0.717) is 53.2 Å². The Bertz CT molecular complexity index is 1780. The van der Waals surface area contributed by atoms with Crippen molar-refractivity contribution in [3.8, 4) is 11.3 Å². The lowest BCUT2D eigenvalue weighted by Gasteiger charge is -2.14. The van der Waals surface area contributed by atoms with Gasteiger partial charge in [-0.2, -0.15) is 0 Å². The monoisotopic (exact) mass is 583 g/mol. The van der Waals surface area contributed by atoms with Gasteiger partial charge < -0.3 is 4.98 Å². The lowest BCUT2D eigenvalue weighted by Crippen LogP contribution is -2.23. The smallest absolute Gasteiger partial charge is 0.228 e. The minimum Gasteiger partial charge on any atom is -0.345 e. The van der Waals surface area contributed by atoms with E-state index in [-0.39, 0.29) is 22.1 Å². The number of nitrogens with one attached hydrogen (secondary N) is 2. The molecule has 1 aromatic carbocycles. The Balaban J connectivity index is 1.32. The van der Waals surface area contributed by atoms with Crippen molar-refractivity contribution in [3.63, 3.8) is 0 Å². The molecule has 2 aliphatic rings. The molecule has 1 aliphatic heterocycles. The van der Waals surface area contributed by atoms with Crippen molar-refractivity contribution in [1.82, 2.24) is 15.0 Å². The van der Waals surface area contributed by atoms with Crippen molar-refractivity contribution in [2.45, 2.75) is 25.7 Å². The van der Waals surface area contributed by atoms with Crippen LogP contribution in [0.4, 0.5) is 24.0 Å². The normalized spacial score (nSPS) is 16.3. The van der Waals surface area contributed by atoms with Gasteiger partial charge in [0.2, 0.25) is 11.7 Å². The van der Waals surface area contributed by atoms with Crippen LogP contribution < -0.4 is 9.62 Å². The van der Waals surface area contributed by atoms with E-state index >= 15 is 4.39 Å². The number of thiazole rings is 1. The Hall–Kier alpha value is -4.10. The van der Waals surface area contributed by atoms with Crippen LogP contribution in [0.1, 0.15) is 41.6 Å². The molecule has 4 aromatic rings. The molecule has 8 nitrogen and oxygen atoms in total. The van der Waals surface area contributed by atoms with E-state index < -0.39 is 39.8 Å². The molecule has 204 valence electrons. The summed E-state index contributed by atoms with van der Waals surface area (Å²) in [6, 6.07) is 3.58. The molecule has 2 N–H and O–H groups in total. The van der Waals surface area contributed by atoms with E-state index in [9.17, 15) is 22.6 Å². The van der Waals surface area contributed by atoms with Crippen LogP contribution >= 0.6 is 11.3 Å². The van der Waals surface area contributed by atoms with Crippen LogP contribution in [0.3, 0.4) is 0 Å². The van der Waals surface area contributed by atoms with Crippen LogP contribution in [0.15, 0.2) is 58.9 Å². The Morgan fingerprint density at radius 2 is 2.05 bits per heavy atom. The fourth-order valence-corrected chi connectivity index (χ4v) is 6.51. The minimum absolute atomic E-state index is 0.0112. The summed E-state index contributed by atoms with van der Waals surface area (Å²) in [6.07, 6.45) is 7.21. The van der Waals surface area contributed by atoms with E-state index in [1.54, 1.807) is 22.5 Å². The van der Waals surface area contributed by atoms with Gasteiger partial charge in [-0.1, -0.05) is 0 Å². The lowest BCUT2D eigenvalue weighted by atomic mass is 10.0. The second-order valence-electron chi connectivity index (χ2n) is 9.21. The molecule has 0 bridgehead atoms. The lowest BCUT2D eigenvalue weighted by molar-refractivity contribution is -0.117. The maximum atomic E-state index is 15.5. The van der Waals surface area contributed by atoms with Gasteiger partial charge in [-0.15, -0.1) is 11.3 Å². The largest absolute Gasteiger partial charge is 0.345 e. The fraction of sp³-hybridized carbons (Fsp3) is 0.185. The van der Waals surface area contributed by atoms with E-state index in [1.165, 1.54) is 23.6 Å². The molecule has 0 spiro atoms. The number of aromatic amines is 1. The molecule has 1 atom stereocenters. The van der Waals surface area contributed by atoms with Crippen molar-refractivity contribution >= 4 is 55.9 Å². The van der Waals surface area contributed by atoms with Gasteiger partial charge in [-0.3, -0.25) is 19.2 Å². The Morgan fingerprint density at radius 3 is 2.83 bits per heavy atom. The molecule has 6 rings (SSSR count). The first-order valence-electron chi connectivity index (χ1n) is 12.3. The molecule has 0 saturated carbocycles. The number of benzene rings is 1. The second-order valence-corrected chi connectivity index (χ2v) is 11.3. The third kappa shape index (κ3) is 4.75. The summed E-state index contributed by atoms with van der Waals surface area (Å²) in [6.45, 7) is 0.601. The maximum absolute atomic E-state index is 15.5. The summed E-state index contributed by atoms with van der Waals surface area (Å²) in [5, 5.41) is 2.66. The number of halogens is 3. The van der Waals surface area contributed by atoms with E-state index in [4.69, 9.17) is 0 Å². The van der Waals surface area contributed by atoms with Crippen LogP contribution in [0.25, 0.3) is 22.3 Å². The molecule has 3 aromatic heterocycles. The van der Waals surface area contributed by atoms with Gasteiger partial charge in [0.15, 0.2) is 10.9 Å². The molecule has 13 heteroatoms. The summed E-state index contributed by atoms with van der Waals surface area (Å²) in [5.41, 5.74) is 0.220. The first kappa shape index (κ1) is 26.1. The number of anilines is 2. The van der Waals surface area contributed by atoms with E-state index in [1.807, 2.05) is 0 Å². The molecular weight excluding hydrogens is 563 g/mol. The quantitative estimate of drug-likeness (QED) is 0.262. The van der Waals surface area contributed by atoms with Crippen molar-refractivity contribution in [2.24, 2.45) is 0 Å². The molecule has 1 unspecified atom stereocenters. The van der Waals surface area contributed by atoms with Crippen LogP contribution in [-0.4, -0.2) is 37.4 Å². The first-order chi connectivity index (χ1) is 19.3. The van der Waals surface area contributed by atoms with Crippen LogP contribution in [0.2, 0.25) is 0 Å². The summed E-state index contributed by atoms with van der Waals surface area (Å²) < 4.78 is 59.0. The van der Waals surface area contributed by atoms with Gasteiger partial charge in [0.1, 0.15) is 28.3 Å². The summed E-state index contributed by atoms with van der Waals surface area (Å²) >= 11 is 1.31. The van der Waals surface area contributed by atoms with Crippen LogP contribution in [0, 0.1) is 11.6 Å². The number of nitrogens with zero attached hydrogens (tertiary/aromatic N) is 3. The first-order valence-corrected chi connectivity index (χ1v) is 14.3. The van der Waals surface area contributed by atoms with Gasteiger partial charge >= 0.3 is 0 Å². The number of carbonyl (C=O) groups excluding carboxylic acids is 2. The molecule has 1 aliphatic carbocycles. The standard InChI is InChI=1S/C27H20F3N5O3S2/c28-15-3-1-4-16(10-15)40(38)34-20-7-6-19(29)23(24(20)30)25(37)18-12-32-26-17(18)9-14(11-31-26)21-13-39-27(33-21)35-8-2-5-22(35)36/h3,6-7,9-13,34H,1-2,4-5,8H2,(H,31,32). The highest BCUT2D eigenvalue weighted by Gasteiger charge is 2.27. The number of ketones is 1. The third-order valence-electron chi connectivity index (χ3n) is 6.66. The van der Waals surface area contributed by atoms with Gasteiger partial charge in [0, 0.05) is 52.2 Å². The fourth-order valence-electron chi connectivity index (χ4n) is 4.63. The van der Waals surface area contributed by atoms with Crippen LogP contribution in [-0.2, 0) is 15.8 Å². The minimum atomic E-state index is -1.99. The highest BCUT2D eigenvalue weighted by Crippen LogP contribution is 2.33. The zero-order valence-electron chi connectivity index (χ0n) is 20.7. The topological polar surface area (TPSA) is 108 Å². The van der Waals surface area contributed by atoms with Gasteiger partial charge in [0.25, 0.3) is 0 Å². The predicted octanol–water partition coefficient (Wildman–Crippen LogP) is 5.93. The Kier molecular flexibility index (Phi) is 6.84. The number of allylic oxidation sites excluding steroid dienone is 4. The highest BCUT2D eigenvalue weighted by atomic mass is 32.2. The van der Waals surface area contributed by atoms with Crippen molar-refractivity contribution in [2.75, 3.05) is 16.2 Å². The van der Waals surface area contributed by atoms with Gasteiger partial charge in [-0.25, -0.2) is 27.3 Å². The Morgan fingerprint density at radius 1 is 1.20 bits per heavy atom. The number of aromatic nitrogens is 3. The molecule has 4 heterocycles. The summed E-state index contributed by atoms with van der Waals surface area (Å²) in [5.74, 6) is -3.79. The SMILES string of the molecule is O=C(c1c(F)ccc(NS(=O)C2=CC(F)=CCC2)c1F)c1c[nH]c2ncc(-c3csc(N4CCCC4=O)n3)cc12. The van der Waals surface area contributed by atoms with Gasteiger partial charge in [0.05, 0.1) is 16.9 Å². The molecule has 1 amide bonds. The Labute approximate surface area is 232 Å². The zero-order valence-corrected chi connectivity index (χ0v) is 22.3. The number of H-pyrrole nitrogens is 1. The van der Waals surface area contributed by atoms with Crippen molar-refractivity contribution < 1.29 is 27.0 Å². The van der Waals surface area contributed by atoms with Crippen molar-refractivity contribution in [3.05, 3.63) is 81.6 Å². The molecule has 1 fully saturated rings. The maximum Gasteiger partial charge on any atom is 0.228 e. The van der Waals surface area contributed by atoms with Crippen LogP contribution in [0.5, 0.6) is 0 Å². The number of rotatable bonds is 7. The highest BCUT2D eigenvalue weighted by molar-refractivity contribution is 7.90. The number of fused-ring (bicyclic) bond motifs is 1. The molecule has 0 radical (unpaired) electrons. The predicted molar refractivity (Wildman–Crippen MR) is 147 cm³/mol. The number of carbonyl (C=O) groups is 2. The average Bonchev–Trinajstić information content (AvgIpc) is 3.69. The number of amides is 1. The third-order valence-corrected chi connectivity index (χ3v) is 8.72. The summed E-state index contributed by atoms with van der Waals surface area (Å²) in [7, 11) is -1.99. The number of hydrogen-bond donors (Lipinski definition) is 2.